The number of likely N-dealkylation sites (N-methyl/N-ethyl adjacent to an activating group) is 2. The molecule has 3 rings (SSSR count). The van der Waals surface area contributed by atoms with Gasteiger partial charge in [-0.15, -0.1) is 0 Å². The molecule has 1 aliphatic heterocycles. The highest BCUT2D eigenvalue weighted by molar-refractivity contribution is 6.12. The van der Waals surface area contributed by atoms with Crippen molar-refractivity contribution in [1.82, 2.24) is 30.3 Å². The highest BCUT2D eigenvalue weighted by Crippen LogP contribution is 2.35. The molecule has 0 saturated carbocycles. The molecule has 0 saturated heterocycles. The normalized spacial score (nSPS) is 15.3. The number of aryl methyl sites for hydroxylation is 1. The largest absolute Gasteiger partial charge is 0.352 e. The molecule has 12 nitrogen and oxygen atoms in total. The fraction of sp³-hybridized carbons (Fsp3) is 0.600. The van der Waals surface area contributed by atoms with E-state index in [2.05, 4.69) is 38.8 Å². The van der Waals surface area contributed by atoms with Crippen LogP contribution in [0.1, 0.15) is 112 Å². The highest BCUT2D eigenvalue weighted by Gasteiger charge is 2.42. The van der Waals surface area contributed by atoms with E-state index in [1.165, 1.54) is 17.1 Å². The molecule has 1 aromatic carbocycles. The topological polar surface area (TPSA) is 150 Å². The lowest BCUT2D eigenvalue weighted by atomic mass is 9.76. The first kappa shape index (κ1) is 46.8. The van der Waals surface area contributed by atoms with E-state index in [1.54, 1.807) is 25.9 Å². The minimum atomic E-state index is -0.832. The number of fused-ring (bicyclic) bond motifs is 1. The fourth-order valence-corrected chi connectivity index (χ4v) is 7.65. The summed E-state index contributed by atoms with van der Waals surface area (Å²) < 4.78 is 2.07. The predicted molar refractivity (Wildman–Crippen MR) is 226 cm³/mol. The summed E-state index contributed by atoms with van der Waals surface area (Å²) in [6, 6.07) is 6.26. The van der Waals surface area contributed by atoms with Gasteiger partial charge in [0.25, 0.3) is 11.8 Å². The number of hydrogen-bond acceptors (Lipinski definition) is 7. The molecule has 2 aromatic rings. The second kappa shape index (κ2) is 20.7. The van der Waals surface area contributed by atoms with Gasteiger partial charge < -0.3 is 25.4 Å². The number of carbonyl (C=O) groups is 6. The molecule has 0 spiro atoms. The summed E-state index contributed by atoms with van der Waals surface area (Å²) in [5.74, 6) is -1.08. The second-order valence-corrected chi connectivity index (χ2v) is 17.5. The Bertz CT molecular complexity index is 1800. The van der Waals surface area contributed by atoms with E-state index < -0.39 is 29.0 Å². The van der Waals surface area contributed by atoms with Crippen LogP contribution in [0.15, 0.2) is 54.3 Å². The van der Waals surface area contributed by atoms with Crippen molar-refractivity contribution >= 4 is 46.2 Å². The van der Waals surface area contributed by atoms with E-state index in [0.29, 0.717) is 37.9 Å². The molecule has 5 amide bonds. The Kier molecular flexibility index (Phi) is 17.0. The smallest absolute Gasteiger partial charge is 0.253 e. The van der Waals surface area contributed by atoms with Crippen LogP contribution in [-0.4, -0.2) is 95.0 Å². The van der Waals surface area contributed by atoms with Crippen molar-refractivity contribution in [3.05, 3.63) is 59.8 Å². The van der Waals surface area contributed by atoms with E-state index in [-0.39, 0.29) is 41.2 Å². The van der Waals surface area contributed by atoms with Gasteiger partial charge >= 0.3 is 0 Å². The summed E-state index contributed by atoms with van der Waals surface area (Å²) in [5.41, 5.74) is 1.38. The Labute approximate surface area is 340 Å². The number of benzene rings is 1. The van der Waals surface area contributed by atoms with Crippen LogP contribution in [0.2, 0.25) is 0 Å². The first-order valence-corrected chi connectivity index (χ1v) is 20.5. The minimum Gasteiger partial charge on any atom is -0.352 e. The molecule has 12 heteroatoms. The molecule has 3 N–H and O–H groups in total. The molecule has 0 unspecified atom stereocenters. The maximum atomic E-state index is 14.3. The van der Waals surface area contributed by atoms with Crippen LogP contribution in [0.4, 0.5) is 0 Å². The summed E-state index contributed by atoms with van der Waals surface area (Å²) >= 11 is 0. The number of Topliss-reactive ketones (excluding diaryl/α,β-unsaturated/α-hetero) is 1. The van der Waals surface area contributed by atoms with Crippen molar-refractivity contribution in [2.24, 2.45) is 18.4 Å². The lowest BCUT2D eigenvalue weighted by molar-refractivity contribution is -0.141. The summed E-state index contributed by atoms with van der Waals surface area (Å²) in [7, 11) is 5.49. The molecule has 0 fully saturated rings. The molecule has 0 bridgehead atoms. The first-order valence-electron chi connectivity index (χ1n) is 20.5. The number of ketones is 1. The van der Waals surface area contributed by atoms with E-state index in [4.69, 9.17) is 0 Å². The molecule has 3 atom stereocenters. The van der Waals surface area contributed by atoms with Crippen LogP contribution in [0.25, 0.3) is 10.9 Å². The van der Waals surface area contributed by atoms with Crippen LogP contribution in [-0.2, 0) is 41.2 Å². The van der Waals surface area contributed by atoms with E-state index in [0.717, 1.165) is 48.6 Å². The summed E-state index contributed by atoms with van der Waals surface area (Å²) in [6.45, 7) is 16.5. The first-order chi connectivity index (χ1) is 26.7. The van der Waals surface area contributed by atoms with Crippen molar-refractivity contribution in [3.8, 4) is 0 Å². The van der Waals surface area contributed by atoms with Crippen LogP contribution >= 0.6 is 0 Å². The van der Waals surface area contributed by atoms with Gasteiger partial charge in [0.05, 0.1) is 12.1 Å². The average Bonchev–Trinajstić information content (AvgIpc) is 3.66. The van der Waals surface area contributed by atoms with Crippen molar-refractivity contribution in [3.63, 3.8) is 0 Å². The third-order valence-corrected chi connectivity index (χ3v) is 11.2. The van der Waals surface area contributed by atoms with Gasteiger partial charge in [-0.1, -0.05) is 85.6 Å². The van der Waals surface area contributed by atoms with E-state index in [9.17, 15) is 28.8 Å². The molecule has 1 aromatic heterocycles. The molecular weight excluding hydrogens is 721 g/mol. The number of imide groups is 1. The number of para-hydroxylation sites is 1. The zero-order valence-corrected chi connectivity index (χ0v) is 36.3. The lowest BCUT2D eigenvalue weighted by Gasteiger charge is -2.39. The Morgan fingerprint density at radius 1 is 0.860 bits per heavy atom. The lowest BCUT2D eigenvalue weighted by Crippen LogP contribution is -2.61. The number of rotatable bonds is 22. The highest BCUT2D eigenvalue weighted by atomic mass is 16.2. The Hall–Kier alpha value is -4.58. The van der Waals surface area contributed by atoms with Gasteiger partial charge in [0, 0.05) is 80.3 Å². The Morgan fingerprint density at radius 2 is 1.46 bits per heavy atom. The Balaban J connectivity index is 1.52. The molecule has 0 aliphatic carbocycles. The standard InChI is InChI=1S/C45H68N6O6/c1-30(2)36(28-31(3)41(55)47-26-18-12-14-20-32(52)21-15-13-19-27-51-37(53)24-25-38(51)54)50(11)43(57)40(44(4,5)6)48-42(56)39(46-9)45(7,8)34-29-49(10)35-23-17-16-22-33(34)35/h16-17,22-25,28-30,36,39-40,46H,12-15,18-21,26-27H2,1-11H3,(H,47,55)(H,48,56)/b31-28+/t36-,39-,40-/m1/s1. The average molecular weight is 789 g/mol. The van der Waals surface area contributed by atoms with Crippen LogP contribution < -0.4 is 16.0 Å². The van der Waals surface area contributed by atoms with Gasteiger partial charge in [0.1, 0.15) is 11.8 Å². The Morgan fingerprint density at radius 3 is 2.04 bits per heavy atom. The van der Waals surface area contributed by atoms with Crippen molar-refractivity contribution in [1.29, 1.82) is 0 Å². The van der Waals surface area contributed by atoms with Crippen molar-refractivity contribution in [2.45, 2.75) is 130 Å². The zero-order valence-electron chi connectivity index (χ0n) is 36.3. The quantitative estimate of drug-likeness (QED) is 0.0784. The third kappa shape index (κ3) is 12.5. The maximum absolute atomic E-state index is 14.3. The number of nitrogens with one attached hydrogen (secondary N) is 3. The number of carbonyl (C=O) groups excluding carboxylic acids is 6. The second-order valence-electron chi connectivity index (χ2n) is 17.5. The fourth-order valence-electron chi connectivity index (χ4n) is 7.65. The van der Waals surface area contributed by atoms with Crippen LogP contribution in [0.5, 0.6) is 0 Å². The van der Waals surface area contributed by atoms with Gasteiger partial charge in [-0.25, -0.2) is 0 Å². The molecule has 57 heavy (non-hydrogen) atoms. The predicted octanol–water partition coefficient (Wildman–Crippen LogP) is 5.74. The molecular formula is C45H68N6O6. The third-order valence-electron chi connectivity index (χ3n) is 11.2. The SMILES string of the molecule is CN[C@H](C(=O)N[C@H](C(=O)N(C)[C@H](/C=C(\C)C(=O)NCCCCCC(=O)CCCCCN1C(=O)C=CC1=O)C(C)C)C(C)(C)C)C(C)(C)c1cn(C)c2ccccc12. The molecule has 2 heterocycles. The monoisotopic (exact) mass is 789 g/mol. The van der Waals surface area contributed by atoms with Crippen LogP contribution in [0.3, 0.4) is 0 Å². The van der Waals surface area contributed by atoms with Gasteiger partial charge in [0.2, 0.25) is 17.7 Å². The van der Waals surface area contributed by atoms with Gasteiger partial charge in [-0.3, -0.25) is 33.7 Å². The number of aromatic nitrogens is 1. The zero-order chi connectivity index (χ0) is 42.7. The number of hydrogen-bond donors (Lipinski definition) is 3. The summed E-state index contributed by atoms with van der Waals surface area (Å²) in [4.78, 5) is 80.0. The van der Waals surface area contributed by atoms with Crippen LogP contribution in [0, 0.1) is 11.3 Å². The van der Waals surface area contributed by atoms with Gasteiger partial charge in [-0.05, 0) is 62.6 Å². The number of amides is 5. The summed E-state index contributed by atoms with van der Waals surface area (Å²) in [5, 5.41) is 10.4. The van der Waals surface area contributed by atoms with Crippen molar-refractivity contribution in [2.75, 3.05) is 27.2 Å². The minimum absolute atomic E-state index is 0.0123. The molecule has 314 valence electrons. The van der Waals surface area contributed by atoms with E-state index >= 15 is 0 Å². The molecule has 0 radical (unpaired) electrons. The maximum Gasteiger partial charge on any atom is 0.253 e. The van der Waals surface area contributed by atoms with Gasteiger partial charge in [0.15, 0.2) is 0 Å². The van der Waals surface area contributed by atoms with Crippen molar-refractivity contribution < 1.29 is 28.8 Å². The number of unbranched alkanes of at least 4 members (excludes halogenated alkanes) is 4. The summed E-state index contributed by atoms with van der Waals surface area (Å²) in [6.07, 6.45) is 11.9. The van der Waals surface area contributed by atoms with Gasteiger partial charge in [-0.2, -0.15) is 0 Å². The molecule has 1 aliphatic rings. The van der Waals surface area contributed by atoms with E-state index in [1.807, 2.05) is 73.7 Å². The number of nitrogens with zero attached hydrogens (tertiary/aromatic N) is 3.